The molecule has 1 atom stereocenters. The smallest absolute Gasteiger partial charge is 0.263 e. The first-order valence-corrected chi connectivity index (χ1v) is 12.2. The zero-order valence-corrected chi connectivity index (χ0v) is 18.9. The predicted molar refractivity (Wildman–Crippen MR) is 115 cm³/mol. The van der Waals surface area contributed by atoms with Gasteiger partial charge < -0.3 is 14.7 Å². The number of aliphatic hydroxyl groups is 1. The van der Waals surface area contributed by atoms with Crippen LogP contribution in [-0.4, -0.2) is 50.7 Å². The highest BCUT2D eigenvalue weighted by Crippen LogP contribution is 2.37. The summed E-state index contributed by atoms with van der Waals surface area (Å²) >= 11 is 7.35. The fourth-order valence-electron chi connectivity index (χ4n) is 3.26. The van der Waals surface area contributed by atoms with E-state index >= 15 is 0 Å². The van der Waals surface area contributed by atoms with Gasteiger partial charge in [0, 0.05) is 11.9 Å². The molecular weight excluding hydrogens is 434 g/mol. The first kappa shape index (κ1) is 22.3. The van der Waals surface area contributed by atoms with Gasteiger partial charge in [0.25, 0.3) is 10.0 Å². The van der Waals surface area contributed by atoms with Crippen LogP contribution in [-0.2, 0) is 10.0 Å². The number of ether oxygens (including phenoxy) is 1. The van der Waals surface area contributed by atoms with Gasteiger partial charge in [-0.3, -0.25) is 4.72 Å². The van der Waals surface area contributed by atoms with Gasteiger partial charge in [0.1, 0.15) is 12.4 Å². The number of hydrogen-bond donors (Lipinski definition) is 2. The molecule has 2 aromatic rings. The van der Waals surface area contributed by atoms with E-state index in [1.54, 1.807) is 11.4 Å². The van der Waals surface area contributed by atoms with E-state index in [1.165, 1.54) is 12.1 Å². The van der Waals surface area contributed by atoms with Gasteiger partial charge in [0.2, 0.25) is 0 Å². The van der Waals surface area contributed by atoms with E-state index in [1.807, 2.05) is 19.0 Å². The number of thiazole rings is 1. The van der Waals surface area contributed by atoms with Gasteiger partial charge in [0.05, 0.1) is 21.7 Å². The van der Waals surface area contributed by atoms with Gasteiger partial charge in [-0.25, -0.2) is 13.4 Å². The molecule has 0 bridgehead atoms. The molecule has 1 unspecified atom stereocenters. The molecule has 2 N–H and O–H groups in total. The number of rotatable bonds is 9. The number of anilines is 1. The van der Waals surface area contributed by atoms with Crippen LogP contribution in [0, 0.1) is 5.92 Å². The second kappa shape index (κ2) is 9.61. The molecule has 0 amide bonds. The van der Waals surface area contributed by atoms with Crippen LogP contribution in [0.4, 0.5) is 5.13 Å². The van der Waals surface area contributed by atoms with Crippen molar-refractivity contribution in [2.24, 2.45) is 5.92 Å². The number of nitrogens with zero attached hydrogens (tertiary/aromatic N) is 2. The van der Waals surface area contributed by atoms with Crippen LogP contribution >= 0.6 is 22.9 Å². The van der Waals surface area contributed by atoms with E-state index in [4.69, 9.17) is 16.3 Å². The standard InChI is InChI=1S/C19H26ClN3O4S2/c1-23(2)9-10-27-17-8-7-14(11-15(17)20)29(25,26)22-19-21-16(12-28-19)18(24)13-5-3-4-6-13/h7-8,11-13,18,24H,3-6,9-10H2,1-2H3,(H,21,22). The summed E-state index contributed by atoms with van der Waals surface area (Å²) in [5.74, 6) is 0.629. The Labute approximate surface area is 180 Å². The highest BCUT2D eigenvalue weighted by molar-refractivity contribution is 7.93. The monoisotopic (exact) mass is 459 g/mol. The quantitative estimate of drug-likeness (QED) is 0.593. The molecule has 0 saturated heterocycles. The fraction of sp³-hybridized carbons (Fsp3) is 0.526. The first-order valence-electron chi connectivity index (χ1n) is 9.49. The van der Waals surface area contributed by atoms with Crippen LogP contribution in [0.5, 0.6) is 5.75 Å². The van der Waals surface area contributed by atoms with E-state index in [2.05, 4.69) is 9.71 Å². The fourth-order valence-corrected chi connectivity index (χ4v) is 5.58. The van der Waals surface area contributed by atoms with Gasteiger partial charge in [-0.2, -0.15) is 0 Å². The molecule has 0 radical (unpaired) electrons. The summed E-state index contributed by atoms with van der Waals surface area (Å²) in [5.41, 5.74) is 0.516. The van der Waals surface area contributed by atoms with E-state index in [9.17, 15) is 13.5 Å². The number of benzene rings is 1. The van der Waals surface area contributed by atoms with Gasteiger partial charge in [-0.1, -0.05) is 24.4 Å². The number of sulfonamides is 1. The normalized spacial score (nSPS) is 16.3. The van der Waals surface area contributed by atoms with Crippen molar-refractivity contribution in [3.63, 3.8) is 0 Å². The summed E-state index contributed by atoms with van der Waals surface area (Å²) in [6.45, 7) is 1.17. The van der Waals surface area contributed by atoms with Crippen LogP contribution < -0.4 is 9.46 Å². The molecule has 29 heavy (non-hydrogen) atoms. The van der Waals surface area contributed by atoms with Gasteiger partial charge in [-0.15, -0.1) is 11.3 Å². The minimum Gasteiger partial charge on any atom is -0.491 e. The number of aliphatic hydroxyl groups excluding tert-OH is 1. The van der Waals surface area contributed by atoms with Gasteiger partial charge >= 0.3 is 0 Å². The lowest BCUT2D eigenvalue weighted by Crippen LogP contribution is -2.19. The predicted octanol–water partition coefficient (Wildman–Crippen LogP) is 3.76. The Morgan fingerprint density at radius 1 is 1.38 bits per heavy atom. The summed E-state index contributed by atoms with van der Waals surface area (Å²) in [6, 6.07) is 4.35. The van der Waals surface area contributed by atoms with Crippen molar-refractivity contribution in [3.8, 4) is 5.75 Å². The third-order valence-electron chi connectivity index (χ3n) is 4.90. The van der Waals surface area contributed by atoms with Crippen LogP contribution in [0.15, 0.2) is 28.5 Å². The van der Waals surface area contributed by atoms with E-state index in [-0.39, 0.29) is 21.0 Å². The van der Waals surface area contributed by atoms with Gasteiger partial charge in [0.15, 0.2) is 5.13 Å². The van der Waals surface area contributed by atoms with Crippen LogP contribution in [0.1, 0.15) is 37.5 Å². The van der Waals surface area contributed by atoms with Crippen LogP contribution in [0.3, 0.4) is 0 Å². The molecule has 1 aromatic carbocycles. The van der Waals surface area contributed by atoms with Gasteiger partial charge in [-0.05, 0) is 51.1 Å². The zero-order valence-electron chi connectivity index (χ0n) is 16.5. The molecular formula is C19H26ClN3O4S2. The van der Waals surface area contributed by atoms with E-state index < -0.39 is 16.1 Å². The van der Waals surface area contributed by atoms with Crippen molar-refractivity contribution >= 4 is 38.1 Å². The van der Waals surface area contributed by atoms with Crippen molar-refractivity contribution in [1.29, 1.82) is 0 Å². The Bertz CT molecular complexity index is 927. The molecule has 1 aliphatic carbocycles. The number of aromatic nitrogens is 1. The Balaban J connectivity index is 1.67. The molecule has 10 heteroatoms. The Morgan fingerprint density at radius 3 is 2.76 bits per heavy atom. The number of hydrogen-bond acceptors (Lipinski definition) is 7. The Hall–Kier alpha value is -1.39. The molecule has 0 spiro atoms. The average Bonchev–Trinajstić information content (AvgIpc) is 3.34. The third-order valence-corrected chi connectivity index (χ3v) is 7.44. The van der Waals surface area contributed by atoms with Crippen molar-refractivity contribution in [1.82, 2.24) is 9.88 Å². The SMILES string of the molecule is CN(C)CCOc1ccc(S(=O)(=O)Nc2nc(C(O)C3CCCC3)cs2)cc1Cl. The van der Waals surface area contributed by atoms with Crippen LogP contribution in [0.2, 0.25) is 5.02 Å². The zero-order chi connectivity index (χ0) is 21.0. The maximum absolute atomic E-state index is 12.7. The summed E-state index contributed by atoms with van der Waals surface area (Å²) in [5, 5.41) is 12.6. The van der Waals surface area contributed by atoms with Crippen LogP contribution in [0.25, 0.3) is 0 Å². The Kier molecular flexibility index (Phi) is 7.39. The summed E-state index contributed by atoms with van der Waals surface area (Å²) < 4.78 is 33.4. The highest BCUT2D eigenvalue weighted by Gasteiger charge is 2.27. The molecule has 1 saturated carbocycles. The molecule has 3 rings (SSSR count). The molecule has 7 nitrogen and oxygen atoms in total. The lowest BCUT2D eigenvalue weighted by atomic mass is 9.99. The maximum Gasteiger partial charge on any atom is 0.263 e. The molecule has 1 aromatic heterocycles. The number of likely N-dealkylation sites (N-methyl/N-ethyl adjacent to an activating group) is 1. The van der Waals surface area contributed by atoms with Crippen molar-refractivity contribution < 1.29 is 18.3 Å². The summed E-state index contributed by atoms with van der Waals surface area (Å²) in [6.07, 6.45) is 3.52. The summed E-state index contributed by atoms with van der Waals surface area (Å²) in [4.78, 5) is 6.28. The van der Waals surface area contributed by atoms with Crippen molar-refractivity contribution in [3.05, 3.63) is 34.3 Å². The minimum absolute atomic E-state index is 0.0237. The lowest BCUT2D eigenvalue weighted by molar-refractivity contribution is 0.108. The van der Waals surface area contributed by atoms with Crippen molar-refractivity contribution in [2.75, 3.05) is 32.0 Å². The molecule has 160 valence electrons. The molecule has 1 heterocycles. The largest absolute Gasteiger partial charge is 0.491 e. The molecule has 0 aliphatic heterocycles. The minimum atomic E-state index is -3.85. The topological polar surface area (TPSA) is 91.8 Å². The number of nitrogens with one attached hydrogen (secondary N) is 1. The maximum atomic E-state index is 12.7. The molecule has 1 fully saturated rings. The second-order valence-electron chi connectivity index (χ2n) is 7.42. The van der Waals surface area contributed by atoms with E-state index in [0.717, 1.165) is 43.6 Å². The number of halogens is 1. The molecule has 1 aliphatic rings. The van der Waals surface area contributed by atoms with Crippen molar-refractivity contribution in [2.45, 2.75) is 36.7 Å². The lowest BCUT2D eigenvalue weighted by Gasteiger charge is -2.15. The van der Waals surface area contributed by atoms with E-state index in [0.29, 0.717) is 18.1 Å². The summed E-state index contributed by atoms with van der Waals surface area (Å²) in [7, 11) is 0.0174. The highest BCUT2D eigenvalue weighted by atomic mass is 35.5. The Morgan fingerprint density at radius 2 is 2.10 bits per heavy atom. The first-order chi connectivity index (χ1) is 13.8. The second-order valence-corrected chi connectivity index (χ2v) is 10.4. The third kappa shape index (κ3) is 5.82. The average molecular weight is 460 g/mol.